The van der Waals surface area contributed by atoms with E-state index in [4.69, 9.17) is 4.74 Å². The number of carbonyl (C=O) groups is 1. The minimum absolute atomic E-state index is 0.0637. The Bertz CT molecular complexity index is 426. The molecule has 0 saturated carbocycles. The lowest BCUT2D eigenvalue weighted by Crippen LogP contribution is -2.45. The SMILES string of the molecule is CCc1cccc(C)c1NC(=O)C1CNCCO1. The van der Waals surface area contributed by atoms with Gasteiger partial charge >= 0.3 is 0 Å². The Kier molecular flexibility index (Phi) is 4.33. The van der Waals surface area contributed by atoms with E-state index in [2.05, 4.69) is 17.6 Å². The van der Waals surface area contributed by atoms with Gasteiger partial charge in [0.1, 0.15) is 6.10 Å². The summed E-state index contributed by atoms with van der Waals surface area (Å²) in [6, 6.07) is 6.07. The van der Waals surface area contributed by atoms with Crippen LogP contribution in [-0.4, -0.2) is 31.7 Å². The third-order valence-corrected chi connectivity index (χ3v) is 3.21. The van der Waals surface area contributed by atoms with Gasteiger partial charge in [0.2, 0.25) is 0 Å². The molecule has 1 amide bonds. The number of aryl methyl sites for hydroxylation is 2. The molecule has 1 aliphatic rings. The lowest BCUT2D eigenvalue weighted by atomic mass is 10.1. The van der Waals surface area contributed by atoms with Gasteiger partial charge in [-0.1, -0.05) is 25.1 Å². The van der Waals surface area contributed by atoms with Gasteiger partial charge in [0.15, 0.2) is 0 Å². The molecule has 0 radical (unpaired) electrons. The standard InChI is InChI=1S/C14H20N2O2/c1-3-11-6-4-5-10(2)13(11)16-14(17)12-9-15-7-8-18-12/h4-6,12,15H,3,7-9H2,1-2H3,(H,16,17). The molecule has 0 aromatic heterocycles. The molecular formula is C14H20N2O2. The predicted octanol–water partition coefficient (Wildman–Crippen LogP) is 1.48. The predicted molar refractivity (Wildman–Crippen MR) is 71.8 cm³/mol. The lowest BCUT2D eigenvalue weighted by molar-refractivity contribution is -0.128. The highest BCUT2D eigenvalue weighted by molar-refractivity contribution is 5.95. The summed E-state index contributed by atoms with van der Waals surface area (Å²) in [6.45, 7) is 6.08. The third kappa shape index (κ3) is 2.89. The van der Waals surface area contributed by atoms with Crippen LogP contribution in [0.3, 0.4) is 0 Å². The highest BCUT2D eigenvalue weighted by Crippen LogP contribution is 2.21. The number of carbonyl (C=O) groups excluding carboxylic acids is 1. The summed E-state index contributed by atoms with van der Waals surface area (Å²) in [4.78, 5) is 12.1. The molecule has 2 N–H and O–H groups in total. The molecule has 1 heterocycles. The summed E-state index contributed by atoms with van der Waals surface area (Å²) < 4.78 is 5.45. The summed E-state index contributed by atoms with van der Waals surface area (Å²) in [5.41, 5.74) is 3.18. The molecule has 4 nitrogen and oxygen atoms in total. The number of para-hydroxylation sites is 1. The zero-order valence-electron chi connectivity index (χ0n) is 11.0. The molecule has 1 aromatic rings. The van der Waals surface area contributed by atoms with E-state index in [1.54, 1.807) is 0 Å². The van der Waals surface area contributed by atoms with Gasteiger partial charge in [-0.25, -0.2) is 0 Å². The molecule has 4 heteroatoms. The number of nitrogens with one attached hydrogen (secondary N) is 2. The first-order valence-corrected chi connectivity index (χ1v) is 6.44. The van der Waals surface area contributed by atoms with E-state index in [-0.39, 0.29) is 12.0 Å². The van der Waals surface area contributed by atoms with Crippen molar-refractivity contribution in [3.05, 3.63) is 29.3 Å². The maximum absolute atomic E-state index is 12.1. The smallest absolute Gasteiger partial charge is 0.254 e. The van der Waals surface area contributed by atoms with Crippen LogP contribution in [0.25, 0.3) is 0 Å². The summed E-state index contributed by atoms with van der Waals surface area (Å²) >= 11 is 0. The Morgan fingerprint density at radius 2 is 2.39 bits per heavy atom. The van der Waals surface area contributed by atoms with Crippen LogP contribution in [0.1, 0.15) is 18.1 Å². The van der Waals surface area contributed by atoms with Crippen molar-refractivity contribution in [2.75, 3.05) is 25.0 Å². The average Bonchev–Trinajstić information content (AvgIpc) is 2.42. The van der Waals surface area contributed by atoms with Crippen LogP contribution in [0.4, 0.5) is 5.69 Å². The molecule has 0 spiro atoms. The molecule has 18 heavy (non-hydrogen) atoms. The number of amides is 1. The van der Waals surface area contributed by atoms with E-state index in [0.29, 0.717) is 13.2 Å². The number of ether oxygens (including phenoxy) is 1. The van der Waals surface area contributed by atoms with Crippen LogP contribution >= 0.6 is 0 Å². The van der Waals surface area contributed by atoms with E-state index < -0.39 is 0 Å². The molecule has 0 aliphatic carbocycles. The van der Waals surface area contributed by atoms with Gasteiger partial charge in [0.05, 0.1) is 6.61 Å². The fourth-order valence-corrected chi connectivity index (χ4v) is 2.14. The molecule has 98 valence electrons. The van der Waals surface area contributed by atoms with Gasteiger partial charge in [0.25, 0.3) is 5.91 Å². The van der Waals surface area contributed by atoms with Crippen molar-refractivity contribution in [1.82, 2.24) is 5.32 Å². The Morgan fingerprint density at radius 3 is 3.06 bits per heavy atom. The van der Waals surface area contributed by atoms with Crippen molar-refractivity contribution in [3.8, 4) is 0 Å². The van der Waals surface area contributed by atoms with Gasteiger partial charge in [-0.3, -0.25) is 4.79 Å². The molecule has 1 fully saturated rings. The number of benzene rings is 1. The Labute approximate surface area is 108 Å². The first-order valence-electron chi connectivity index (χ1n) is 6.44. The van der Waals surface area contributed by atoms with Gasteiger partial charge in [0, 0.05) is 18.8 Å². The summed E-state index contributed by atoms with van der Waals surface area (Å²) in [6.07, 6.45) is 0.518. The number of hydrogen-bond donors (Lipinski definition) is 2. The molecular weight excluding hydrogens is 228 g/mol. The van der Waals surface area contributed by atoms with E-state index in [1.807, 2.05) is 25.1 Å². The quantitative estimate of drug-likeness (QED) is 0.852. The minimum atomic E-state index is -0.386. The lowest BCUT2D eigenvalue weighted by Gasteiger charge is -2.23. The maximum atomic E-state index is 12.1. The fourth-order valence-electron chi connectivity index (χ4n) is 2.14. The van der Waals surface area contributed by atoms with E-state index in [1.165, 1.54) is 0 Å². The van der Waals surface area contributed by atoms with Crippen molar-refractivity contribution in [1.29, 1.82) is 0 Å². The zero-order valence-corrected chi connectivity index (χ0v) is 11.0. The second-order valence-corrected chi connectivity index (χ2v) is 4.52. The van der Waals surface area contributed by atoms with Crippen LogP contribution in [0.5, 0.6) is 0 Å². The van der Waals surface area contributed by atoms with E-state index in [9.17, 15) is 4.79 Å². The fraction of sp³-hybridized carbons (Fsp3) is 0.500. The molecule has 1 unspecified atom stereocenters. The number of hydrogen-bond acceptors (Lipinski definition) is 3. The average molecular weight is 248 g/mol. The first-order chi connectivity index (χ1) is 8.72. The Morgan fingerprint density at radius 1 is 1.56 bits per heavy atom. The van der Waals surface area contributed by atoms with Crippen molar-refractivity contribution >= 4 is 11.6 Å². The third-order valence-electron chi connectivity index (χ3n) is 3.21. The first kappa shape index (κ1) is 13.1. The van der Waals surface area contributed by atoms with Gasteiger partial charge < -0.3 is 15.4 Å². The molecule has 1 atom stereocenters. The normalized spacial score (nSPS) is 19.6. The number of anilines is 1. The van der Waals surface area contributed by atoms with Gasteiger partial charge in [-0.15, -0.1) is 0 Å². The van der Waals surface area contributed by atoms with Crippen molar-refractivity contribution in [2.24, 2.45) is 0 Å². The van der Waals surface area contributed by atoms with Gasteiger partial charge in [-0.05, 0) is 24.5 Å². The number of morpholine rings is 1. The van der Waals surface area contributed by atoms with Crippen LogP contribution in [0, 0.1) is 6.92 Å². The largest absolute Gasteiger partial charge is 0.366 e. The maximum Gasteiger partial charge on any atom is 0.254 e. The molecule has 0 bridgehead atoms. The second kappa shape index (κ2) is 5.98. The van der Waals surface area contributed by atoms with Crippen LogP contribution in [-0.2, 0) is 16.0 Å². The highest BCUT2D eigenvalue weighted by atomic mass is 16.5. The van der Waals surface area contributed by atoms with Crippen molar-refractivity contribution in [2.45, 2.75) is 26.4 Å². The molecule has 1 aromatic carbocycles. The summed E-state index contributed by atoms with van der Waals surface area (Å²) in [5.74, 6) is -0.0637. The molecule has 1 saturated heterocycles. The van der Waals surface area contributed by atoms with Crippen LogP contribution < -0.4 is 10.6 Å². The van der Waals surface area contributed by atoms with E-state index in [0.717, 1.165) is 29.8 Å². The summed E-state index contributed by atoms with van der Waals surface area (Å²) in [5, 5.41) is 6.15. The topological polar surface area (TPSA) is 50.4 Å². The number of rotatable bonds is 3. The van der Waals surface area contributed by atoms with E-state index >= 15 is 0 Å². The molecule has 2 rings (SSSR count). The minimum Gasteiger partial charge on any atom is -0.366 e. The van der Waals surface area contributed by atoms with Gasteiger partial charge in [-0.2, -0.15) is 0 Å². The van der Waals surface area contributed by atoms with Crippen LogP contribution in [0.2, 0.25) is 0 Å². The summed E-state index contributed by atoms with van der Waals surface area (Å²) in [7, 11) is 0. The molecule has 1 aliphatic heterocycles. The van der Waals surface area contributed by atoms with Crippen molar-refractivity contribution in [3.63, 3.8) is 0 Å². The van der Waals surface area contributed by atoms with Crippen molar-refractivity contribution < 1.29 is 9.53 Å². The van der Waals surface area contributed by atoms with Crippen LogP contribution in [0.15, 0.2) is 18.2 Å². The second-order valence-electron chi connectivity index (χ2n) is 4.52. The Hall–Kier alpha value is -1.39. The Balaban J connectivity index is 2.10. The zero-order chi connectivity index (χ0) is 13.0. The monoisotopic (exact) mass is 248 g/mol. The highest BCUT2D eigenvalue weighted by Gasteiger charge is 2.22.